The first-order chi connectivity index (χ1) is 8.61. The molecule has 0 aliphatic carbocycles. The predicted octanol–water partition coefficient (Wildman–Crippen LogP) is 2.58. The maximum atomic E-state index is 10.9. The smallest absolute Gasteiger partial charge is 0.335 e. The maximum absolute atomic E-state index is 10.9. The van der Waals surface area contributed by atoms with Crippen LogP contribution >= 0.6 is 0 Å². The van der Waals surface area contributed by atoms with E-state index >= 15 is 0 Å². The van der Waals surface area contributed by atoms with Crippen LogP contribution in [0.2, 0.25) is 0 Å². The van der Waals surface area contributed by atoms with E-state index in [-0.39, 0.29) is 6.04 Å². The molecule has 0 radical (unpaired) electrons. The predicted molar refractivity (Wildman–Crippen MR) is 70.0 cm³/mol. The van der Waals surface area contributed by atoms with Gasteiger partial charge in [0.1, 0.15) is 0 Å². The van der Waals surface area contributed by atoms with Crippen molar-refractivity contribution in [2.75, 3.05) is 18.0 Å². The number of benzene rings is 1. The van der Waals surface area contributed by atoms with Crippen LogP contribution in [-0.2, 0) is 0 Å². The van der Waals surface area contributed by atoms with Crippen molar-refractivity contribution in [3.63, 3.8) is 0 Å². The molecule has 1 fully saturated rings. The standard InChI is InChI=1S/C14H16N2O2/c1-10-9-11(14(17)18)3-4-13(10)16-7-5-12(15-2)6-8-16/h3-4,9,12H,5-8H2,1H3,(H,17,18). The Morgan fingerprint density at radius 3 is 2.61 bits per heavy atom. The lowest BCUT2D eigenvalue weighted by Gasteiger charge is -2.30. The van der Waals surface area contributed by atoms with Crippen LogP contribution < -0.4 is 4.90 Å². The molecule has 4 heteroatoms. The molecule has 1 aliphatic heterocycles. The number of aryl methyl sites for hydroxylation is 1. The van der Waals surface area contributed by atoms with Gasteiger partial charge in [0, 0.05) is 31.6 Å². The molecule has 1 saturated heterocycles. The van der Waals surface area contributed by atoms with E-state index < -0.39 is 5.97 Å². The minimum absolute atomic E-state index is 0.153. The first kappa shape index (κ1) is 12.4. The zero-order chi connectivity index (χ0) is 13.1. The van der Waals surface area contributed by atoms with Crippen molar-refractivity contribution in [3.8, 4) is 0 Å². The summed E-state index contributed by atoms with van der Waals surface area (Å²) < 4.78 is 0. The van der Waals surface area contributed by atoms with Gasteiger partial charge in [-0.05, 0) is 30.7 Å². The largest absolute Gasteiger partial charge is 0.478 e. The molecule has 0 aromatic heterocycles. The molecule has 2 rings (SSSR count). The molecule has 1 aromatic carbocycles. The van der Waals surface area contributed by atoms with Gasteiger partial charge in [0.05, 0.1) is 5.56 Å². The molecule has 4 nitrogen and oxygen atoms in total. The molecule has 0 amide bonds. The van der Waals surface area contributed by atoms with Crippen molar-refractivity contribution in [1.82, 2.24) is 0 Å². The molecule has 18 heavy (non-hydrogen) atoms. The quantitative estimate of drug-likeness (QED) is 0.813. The topological polar surface area (TPSA) is 44.9 Å². The first-order valence-electron chi connectivity index (χ1n) is 6.07. The van der Waals surface area contributed by atoms with Gasteiger partial charge in [0.2, 0.25) is 6.04 Å². The van der Waals surface area contributed by atoms with Gasteiger partial charge in [0.15, 0.2) is 0 Å². The van der Waals surface area contributed by atoms with E-state index in [1.54, 1.807) is 12.1 Å². The molecule has 0 unspecified atom stereocenters. The summed E-state index contributed by atoms with van der Waals surface area (Å²) >= 11 is 0. The van der Waals surface area contributed by atoms with E-state index in [1.165, 1.54) is 0 Å². The van der Waals surface area contributed by atoms with Gasteiger partial charge < -0.3 is 14.9 Å². The van der Waals surface area contributed by atoms with Gasteiger partial charge in [0.25, 0.3) is 0 Å². The van der Waals surface area contributed by atoms with Crippen molar-refractivity contribution >= 4 is 11.7 Å². The third kappa shape index (κ3) is 2.45. The van der Waals surface area contributed by atoms with Gasteiger partial charge in [-0.2, -0.15) is 0 Å². The summed E-state index contributed by atoms with van der Waals surface area (Å²) in [5.41, 5.74) is 2.40. The van der Waals surface area contributed by atoms with E-state index in [0.717, 1.165) is 37.2 Å². The summed E-state index contributed by atoms with van der Waals surface area (Å²) in [7, 11) is 0. The normalized spacial score (nSPS) is 16.3. The van der Waals surface area contributed by atoms with Gasteiger partial charge in [-0.15, -0.1) is 0 Å². The Morgan fingerprint density at radius 2 is 2.11 bits per heavy atom. The van der Waals surface area contributed by atoms with E-state index in [4.69, 9.17) is 11.7 Å². The fraction of sp³-hybridized carbons (Fsp3) is 0.429. The SMILES string of the molecule is [C-]#[N+]C1CCN(c2ccc(C(=O)O)cc2C)CC1. The summed E-state index contributed by atoms with van der Waals surface area (Å²) in [6.07, 6.45) is 1.78. The first-order valence-corrected chi connectivity index (χ1v) is 6.07. The van der Waals surface area contributed by atoms with Crippen LogP contribution in [-0.4, -0.2) is 30.2 Å². The number of aromatic carboxylic acids is 1. The molecule has 1 heterocycles. The molecule has 94 valence electrons. The Hall–Kier alpha value is -2.02. The number of carboxylic acids is 1. The highest BCUT2D eigenvalue weighted by atomic mass is 16.4. The highest BCUT2D eigenvalue weighted by molar-refractivity contribution is 5.88. The number of carbonyl (C=O) groups is 1. The zero-order valence-electron chi connectivity index (χ0n) is 10.4. The molecular weight excluding hydrogens is 228 g/mol. The van der Waals surface area contributed by atoms with Crippen molar-refractivity contribution in [1.29, 1.82) is 0 Å². The van der Waals surface area contributed by atoms with Crippen LogP contribution in [0.4, 0.5) is 5.69 Å². The molecule has 0 spiro atoms. The fourth-order valence-electron chi connectivity index (χ4n) is 2.38. The maximum Gasteiger partial charge on any atom is 0.335 e. The van der Waals surface area contributed by atoms with Crippen molar-refractivity contribution in [2.24, 2.45) is 0 Å². The number of carboxylic acid groups (broad SMARTS) is 1. The summed E-state index contributed by atoms with van der Waals surface area (Å²) in [6, 6.07) is 5.38. The van der Waals surface area contributed by atoms with Crippen LogP contribution in [0.5, 0.6) is 0 Å². The van der Waals surface area contributed by atoms with E-state index in [0.29, 0.717) is 5.56 Å². The minimum Gasteiger partial charge on any atom is -0.478 e. The van der Waals surface area contributed by atoms with Crippen molar-refractivity contribution < 1.29 is 9.90 Å². The Balaban J connectivity index is 2.15. The third-order valence-corrected chi connectivity index (χ3v) is 3.43. The zero-order valence-corrected chi connectivity index (χ0v) is 10.4. The molecule has 0 bridgehead atoms. The van der Waals surface area contributed by atoms with Crippen LogP contribution in [0.25, 0.3) is 4.85 Å². The van der Waals surface area contributed by atoms with Crippen LogP contribution in [0.3, 0.4) is 0 Å². The van der Waals surface area contributed by atoms with Gasteiger partial charge in [-0.3, -0.25) is 0 Å². The lowest BCUT2D eigenvalue weighted by Crippen LogP contribution is -2.35. The molecular formula is C14H16N2O2. The lowest BCUT2D eigenvalue weighted by molar-refractivity contribution is 0.0697. The second-order valence-electron chi connectivity index (χ2n) is 4.65. The lowest BCUT2D eigenvalue weighted by atomic mass is 10.0. The second kappa shape index (κ2) is 5.09. The average Bonchev–Trinajstić information content (AvgIpc) is 2.38. The second-order valence-corrected chi connectivity index (χ2v) is 4.65. The number of rotatable bonds is 2. The number of nitrogens with zero attached hydrogens (tertiary/aromatic N) is 2. The number of piperidine rings is 1. The summed E-state index contributed by atoms with van der Waals surface area (Å²) in [4.78, 5) is 16.7. The summed E-state index contributed by atoms with van der Waals surface area (Å²) in [5.74, 6) is -0.892. The Bertz CT molecular complexity index is 497. The van der Waals surface area contributed by atoms with Crippen LogP contribution in [0.15, 0.2) is 18.2 Å². The Kier molecular flexibility index (Phi) is 3.52. The molecule has 0 atom stereocenters. The van der Waals surface area contributed by atoms with E-state index in [1.807, 2.05) is 13.0 Å². The minimum atomic E-state index is -0.892. The van der Waals surface area contributed by atoms with Gasteiger partial charge in [-0.25, -0.2) is 11.4 Å². The monoisotopic (exact) mass is 244 g/mol. The molecule has 1 N–H and O–H groups in total. The number of anilines is 1. The van der Waals surface area contributed by atoms with Crippen molar-refractivity contribution in [3.05, 3.63) is 40.7 Å². The summed E-state index contributed by atoms with van der Waals surface area (Å²) in [5, 5.41) is 8.93. The van der Waals surface area contributed by atoms with E-state index in [2.05, 4.69) is 9.74 Å². The van der Waals surface area contributed by atoms with E-state index in [9.17, 15) is 4.79 Å². The van der Waals surface area contributed by atoms with Crippen molar-refractivity contribution in [2.45, 2.75) is 25.8 Å². The van der Waals surface area contributed by atoms with Crippen LogP contribution in [0.1, 0.15) is 28.8 Å². The van der Waals surface area contributed by atoms with Crippen LogP contribution in [0, 0.1) is 13.5 Å². The summed E-state index contributed by atoms with van der Waals surface area (Å²) in [6.45, 7) is 10.7. The molecule has 0 saturated carbocycles. The fourth-order valence-corrected chi connectivity index (χ4v) is 2.38. The Morgan fingerprint density at radius 1 is 1.44 bits per heavy atom. The van der Waals surface area contributed by atoms with Gasteiger partial charge in [-0.1, -0.05) is 0 Å². The number of hydrogen-bond acceptors (Lipinski definition) is 2. The molecule has 1 aromatic rings. The average molecular weight is 244 g/mol. The molecule has 1 aliphatic rings. The highest BCUT2D eigenvalue weighted by Crippen LogP contribution is 2.25. The number of hydrogen-bond donors (Lipinski definition) is 1. The highest BCUT2D eigenvalue weighted by Gasteiger charge is 2.23. The Labute approximate surface area is 107 Å². The third-order valence-electron chi connectivity index (χ3n) is 3.43. The van der Waals surface area contributed by atoms with Gasteiger partial charge >= 0.3 is 5.97 Å².